The summed E-state index contributed by atoms with van der Waals surface area (Å²) >= 11 is 0. The summed E-state index contributed by atoms with van der Waals surface area (Å²) in [5.41, 5.74) is 1.18. The lowest BCUT2D eigenvalue weighted by molar-refractivity contribution is -0.123. The zero-order chi connectivity index (χ0) is 18.4. The molecule has 3 rings (SSSR count). The Balaban J connectivity index is 1.48. The van der Waals surface area contributed by atoms with Gasteiger partial charge in [0.25, 0.3) is 5.91 Å². The van der Waals surface area contributed by atoms with Crippen molar-refractivity contribution in [3.63, 3.8) is 0 Å². The predicted octanol–water partition coefficient (Wildman–Crippen LogP) is 4.11. The van der Waals surface area contributed by atoms with Crippen molar-refractivity contribution in [3.8, 4) is 11.5 Å². The first kappa shape index (κ1) is 17.8. The highest BCUT2D eigenvalue weighted by Crippen LogP contribution is 2.24. The molecule has 3 aromatic rings. The van der Waals surface area contributed by atoms with Crippen LogP contribution in [0, 0.1) is 6.92 Å². The van der Waals surface area contributed by atoms with E-state index < -0.39 is 0 Å². The van der Waals surface area contributed by atoms with Crippen LogP contribution in [-0.4, -0.2) is 25.2 Å². The molecule has 0 aliphatic heterocycles. The lowest BCUT2D eigenvalue weighted by Crippen LogP contribution is -2.39. The standard InChI is InChI=1S/C22H23NO3/c1-16-10-12-19(13-11-16)25-14-17(2)23-22(24)15-26-21-9-5-7-18-6-3-4-8-20(18)21/h3-13,17H,14-15H2,1-2H3,(H,23,24). The molecule has 0 saturated heterocycles. The number of nitrogens with one attached hydrogen (secondary N) is 1. The number of fused-ring (bicyclic) bond motifs is 1. The van der Waals surface area contributed by atoms with Gasteiger partial charge in [-0.2, -0.15) is 0 Å². The molecule has 0 aliphatic rings. The molecule has 134 valence electrons. The van der Waals surface area contributed by atoms with Crippen LogP contribution in [-0.2, 0) is 4.79 Å². The summed E-state index contributed by atoms with van der Waals surface area (Å²) in [5, 5.41) is 4.98. The quantitative estimate of drug-likeness (QED) is 0.698. The van der Waals surface area contributed by atoms with Gasteiger partial charge >= 0.3 is 0 Å². The molecule has 4 nitrogen and oxygen atoms in total. The van der Waals surface area contributed by atoms with E-state index in [4.69, 9.17) is 9.47 Å². The van der Waals surface area contributed by atoms with Crippen LogP contribution >= 0.6 is 0 Å². The summed E-state index contributed by atoms with van der Waals surface area (Å²) in [5.74, 6) is 1.34. The van der Waals surface area contributed by atoms with Gasteiger partial charge in [-0.05, 0) is 37.4 Å². The molecule has 0 bridgehead atoms. The molecule has 3 aromatic carbocycles. The number of hydrogen-bond acceptors (Lipinski definition) is 3. The molecule has 0 fully saturated rings. The van der Waals surface area contributed by atoms with Crippen LogP contribution in [0.2, 0.25) is 0 Å². The second kappa shape index (κ2) is 8.39. The monoisotopic (exact) mass is 349 g/mol. The van der Waals surface area contributed by atoms with Gasteiger partial charge in [0.1, 0.15) is 18.1 Å². The normalized spacial score (nSPS) is 11.8. The smallest absolute Gasteiger partial charge is 0.258 e. The molecular formula is C22H23NO3. The lowest BCUT2D eigenvalue weighted by Gasteiger charge is -2.16. The Morgan fingerprint density at radius 2 is 1.69 bits per heavy atom. The van der Waals surface area contributed by atoms with Gasteiger partial charge in [0.2, 0.25) is 0 Å². The fraction of sp³-hybridized carbons (Fsp3) is 0.227. The number of amides is 1. The van der Waals surface area contributed by atoms with Crippen LogP contribution in [0.1, 0.15) is 12.5 Å². The largest absolute Gasteiger partial charge is 0.491 e. The van der Waals surface area contributed by atoms with Crippen LogP contribution in [0.4, 0.5) is 0 Å². The van der Waals surface area contributed by atoms with E-state index in [1.165, 1.54) is 5.56 Å². The van der Waals surface area contributed by atoms with Crippen molar-refractivity contribution in [1.29, 1.82) is 0 Å². The summed E-state index contributed by atoms with van der Waals surface area (Å²) < 4.78 is 11.4. The fourth-order valence-corrected chi connectivity index (χ4v) is 2.68. The number of carbonyl (C=O) groups is 1. The molecule has 1 N–H and O–H groups in total. The van der Waals surface area contributed by atoms with Crippen LogP contribution in [0.3, 0.4) is 0 Å². The van der Waals surface area contributed by atoms with Gasteiger partial charge in [0.05, 0.1) is 6.04 Å². The third-order valence-corrected chi connectivity index (χ3v) is 4.04. The minimum atomic E-state index is -0.169. The summed E-state index contributed by atoms with van der Waals surface area (Å²) in [6.45, 7) is 4.32. The number of hydrogen-bond donors (Lipinski definition) is 1. The Labute approximate surface area is 153 Å². The Hall–Kier alpha value is -3.01. The number of carbonyl (C=O) groups excluding carboxylic acids is 1. The number of ether oxygens (including phenoxy) is 2. The fourth-order valence-electron chi connectivity index (χ4n) is 2.68. The van der Waals surface area contributed by atoms with E-state index in [2.05, 4.69) is 5.32 Å². The molecule has 1 unspecified atom stereocenters. The molecule has 0 heterocycles. The van der Waals surface area contributed by atoms with E-state index in [-0.39, 0.29) is 18.6 Å². The maximum Gasteiger partial charge on any atom is 0.258 e. The molecule has 0 spiro atoms. The summed E-state index contributed by atoms with van der Waals surface area (Å²) in [7, 11) is 0. The molecule has 0 saturated carbocycles. The third kappa shape index (κ3) is 4.76. The van der Waals surface area contributed by atoms with Crippen molar-refractivity contribution in [2.24, 2.45) is 0 Å². The molecule has 0 radical (unpaired) electrons. The predicted molar refractivity (Wildman–Crippen MR) is 104 cm³/mol. The highest BCUT2D eigenvalue weighted by molar-refractivity contribution is 5.88. The average Bonchev–Trinajstić information content (AvgIpc) is 2.66. The topological polar surface area (TPSA) is 47.6 Å². The minimum Gasteiger partial charge on any atom is -0.491 e. The SMILES string of the molecule is Cc1ccc(OCC(C)NC(=O)COc2cccc3ccccc23)cc1. The van der Waals surface area contributed by atoms with Gasteiger partial charge in [-0.3, -0.25) is 4.79 Å². The lowest BCUT2D eigenvalue weighted by atomic mass is 10.1. The molecule has 26 heavy (non-hydrogen) atoms. The van der Waals surface area contributed by atoms with Crippen molar-refractivity contribution in [3.05, 3.63) is 72.3 Å². The molecular weight excluding hydrogens is 326 g/mol. The van der Waals surface area contributed by atoms with Crippen LogP contribution < -0.4 is 14.8 Å². The van der Waals surface area contributed by atoms with E-state index in [0.29, 0.717) is 12.4 Å². The minimum absolute atomic E-state index is 0.0249. The van der Waals surface area contributed by atoms with E-state index in [0.717, 1.165) is 16.5 Å². The first-order valence-corrected chi connectivity index (χ1v) is 8.71. The molecule has 0 aliphatic carbocycles. The van der Waals surface area contributed by atoms with Crippen molar-refractivity contribution in [1.82, 2.24) is 5.32 Å². The van der Waals surface area contributed by atoms with E-state index in [1.54, 1.807) is 0 Å². The van der Waals surface area contributed by atoms with Crippen LogP contribution in [0.25, 0.3) is 10.8 Å². The molecule has 4 heteroatoms. The highest BCUT2D eigenvalue weighted by atomic mass is 16.5. The molecule has 0 aromatic heterocycles. The second-order valence-electron chi connectivity index (χ2n) is 6.36. The maximum absolute atomic E-state index is 12.1. The summed E-state index contributed by atoms with van der Waals surface area (Å²) in [4.78, 5) is 12.1. The Morgan fingerprint density at radius 1 is 0.962 bits per heavy atom. The van der Waals surface area contributed by atoms with Gasteiger partial charge in [-0.15, -0.1) is 0 Å². The van der Waals surface area contributed by atoms with Gasteiger partial charge in [0.15, 0.2) is 6.61 Å². The highest BCUT2D eigenvalue weighted by Gasteiger charge is 2.10. The van der Waals surface area contributed by atoms with Crippen molar-refractivity contribution < 1.29 is 14.3 Å². The van der Waals surface area contributed by atoms with Crippen LogP contribution in [0.15, 0.2) is 66.7 Å². The van der Waals surface area contributed by atoms with Gasteiger partial charge in [-0.25, -0.2) is 0 Å². The summed E-state index contributed by atoms with van der Waals surface area (Å²) in [6, 6.07) is 21.5. The van der Waals surface area contributed by atoms with Gasteiger partial charge in [0, 0.05) is 5.39 Å². The first-order valence-electron chi connectivity index (χ1n) is 8.71. The van der Waals surface area contributed by atoms with Crippen molar-refractivity contribution in [2.45, 2.75) is 19.9 Å². The van der Waals surface area contributed by atoms with Crippen molar-refractivity contribution >= 4 is 16.7 Å². The van der Waals surface area contributed by atoms with Gasteiger partial charge < -0.3 is 14.8 Å². The number of aryl methyl sites for hydroxylation is 1. The molecule has 1 atom stereocenters. The zero-order valence-electron chi connectivity index (χ0n) is 15.1. The first-order chi connectivity index (χ1) is 12.6. The Morgan fingerprint density at radius 3 is 2.50 bits per heavy atom. The Bertz CT molecular complexity index is 869. The van der Waals surface area contributed by atoms with E-state index >= 15 is 0 Å². The van der Waals surface area contributed by atoms with E-state index in [1.807, 2.05) is 80.6 Å². The Kier molecular flexibility index (Phi) is 5.74. The second-order valence-corrected chi connectivity index (χ2v) is 6.36. The van der Waals surface area contributed by atoms with Crippen molar-refractivity contribution in [2.75, 3.05) is 13.2 Å². The summed E-state index contributed by atoms with van der Waals surface area (Å²) in [6.07, 6.45) is 0. The molecule has 1 amide bonds. The third-order valence-electron chi connectivity index (χ3n) is 4.04. The zero-order valence-corrected chi connectivity index (χ0v) is 15.1. The number of rotatable bonds is 7. The maximum atomic E-state index is 12.1. The van der Waals surface area contributed by atoms with Gasteiger partial charge in [-0.1, -0.05) is 54.1 Å². The number of benzene rings is 3. The van der Waals surface area contributed by atoms with Crippen LogP contribution in [0.5, 0.6) is 11.5 Å². The van der Waals surface area contributed by atoms with E-state index in [9.17, 15) is 4.79 Å². The average molecular weight is 349 g/mol.